The summed E-state index contributed by atoms with van der Waals surface area (Å²) in [4.78, 5) is 0. The molecule has 0 atom stereocenters. The lowest BCUT2D eigenvalue weighted by molar-refractivity contribution is 0.420. The molecule has 0 radical (unpaired) electrons. The number of fused-ring (bicyclic) bond motifs is 3. The van der Waals surface area contributed by atoms with E-state index in [9.17, 15) is 0 Å². The molecule has 0 bridgehead atoms. The molecule has 0 nitrogen and oxygen atoms in total. The van der Waals surface area contributed by atoms with Crippen LogP contribution >= 0.6 is 0 Å². The topological polar surface area (TPSA) is 0 Å². The van der Waals surface area contributed by atoms with Gasteiger partial charge in [0.15, 0.2) is 0 Å². The van der Waals surface area contributed by atoms with Crippen LogP contribution in [-0.2, 0) is 0 Å². The molecule has 0 heterocycles. The molecule has 0 unspecified atom stereocenters. The van der Waals surface area contributed by atoms with Gasteiger partial charge in [-0.1, -0.05) is 125 Å². The van der Waals surface area contributed by atoms with E-state index in [1.54, 1.807) is 0 Å². The van der Waals surface area contributed by atoms with Gasteiger partial charge in [0.1, 0.15) is 0 Å². The maximum absolute atomic E-state index is 2.35. The van der Waals surface area contributed by atoms with Crippen LogP contribution in [-0.4, -0.2) is 0 Å². The second-order valence-electron chi connectivity index (χ2n) is 8.94. The van der Waals surface area contributed by atoms with Crippen molar-refractivity contribution in [3.05, 3.63) is 108 Å². The highest BCUT2D eigenvalue weighted by Gasteiger charge is 2.23. The highest BCUT2D eigenvalue weighted by atomic mass is 14.3. The minimum absolute atomic E-state index is 0.722. The second-order valence-corrected chi connectivity index (χ2v) is 8.94. The van der Waals surface area contributed by atoms with Crippen molar-refractivity contribution in [1.82, 2.24) is 0 Å². The highest BCUT2D eigenvalue weighted by Crippen LogP contribution is 2.44. The Morgan fingerprint density at radius 2 is 1.23 bits per heavy atom. The normalized spacial score (nSPS) is 12.8. The van der Waals surface area contributed by atoms with E-state index in [1.807, 2.05) is 27.7 Å². The van der Waals surface area contributed by atoms with E-state index in [0.29, 0.717) is 0 Å². The van der Waals surface area contributed by atoms with Gasteiger partial charge in [-0.25, -0.2) is 0 Å². The van der Waals surface area contributed by atoms with Crippen LogP contribution in [0.5, 0.6) is 0 Å². The summed E-state index contributed by atoms with van der Waals surface area (Å²) in [5, 5.41) is 5.35. The van der Waals surface area contributed by atoms with E-state index in [1.165, 1.54) is 74.2 Å². The zero-order chi connectivity index (χ0) is 24.8. The monoisotopic (exact) mass is 458 g/mol. The van der Waals surface area contributed by atoms with Crippen molar-refractivity contribution < 1.29 is 0 Å². The van der Waals surface area contributed by atoms with Crippen LogP contribution in [0.1, 0.15) is 64.0 Å². The molecule has 35 heavy (non-hydrogen) atoms. The zero-order valence-corrected chi connectivity index (χ0v) is 21.9. The molecule has 6 rings (SSSR count). The van der Waals surface area contributed by atoms with E-state index in [-0.39, 0.29) is 0 Å². The Morgan fingerprint density at radius 1 is 0.571 bits per heavy atom. The molecule has 0 N–H and O–H groups in total. The minimum Gasteiger partial charge on any atom is -0.0683 e. The van der Waals surface area contributed by atoms with Crippen LogP contribution in [0.2, 0.25) is 0 Å². The third-order valence-electron chi connectivity index (χ3n) is 7.11. The molecule has 1 aliphatic carbocycles. The fourth-order valence-electron chi connectivity index (χ4n) is 5.22. The van der Waals surface area contributed by atoms with Gasteiger partial charge >= 0.3 is 0 Å². The molecule has 5 aromatic rings. The molecule has 0 spiro atoms. The van der Waals surface area contributed by atoms with Gasteiger partial charge in [0.05, 0.1) is 0 Å². The van der Waals surface area contributed by atoms with Gasteiger partial charge in [-0.3, -0.25) is 0 Å². The summed E-state index contributed by atoms with van der Waals surface area (Å²) < 4.78 is 0. The Kier molecular flexibility index (Phi) is 8.03. The SMILES string of the molecule is CC.CC.Cc1ccc2c(ccc3cc(-c4ccccc4)ccc32)c1-c1ccccc1C1CCC1. The average molecular weight is 459 g/mol. The van der Waals surface area contributed by atoms with E-state index in [0.717, 1.165) is 5.92 Å². The van der Waals surface area contributed by atoms with Gasteiger partial charge < -0.3 is 0 Å². The van der Waals surface area contributed by atoms with E-state index in [4.69, 9.17) is 0 Å². The molecular weight excluding hydrogens is 420 g/mol. The van der Waals surface area contributed by atoms with Gasteiger partial charge in [0.2, 0.25) is 0 Å². The summed E-state index contributed by atoms with van der Waals surface area (Å²) in [7, 11) is 0. The second kappa shape index (κ2) is 11.4. The lowest BCUT2D eigenvalue weighted by Gasteiger charge is -2.28. The van der Waals surface area contributed by atoms with Crippen molar-refractivity contribution in [2.24, 2.45) is 0 Å². The zero-order valence-electron chi connectivity index (χ0n) is 21.9. The average Bonchev–Trinajstić information content (AvgIpc) is 2.90. The third kappa shape index (κ3) is 4.76. The van der Waals surface area contributed by atoms with Crippen molar-refractivity contribution in [3.63, 3.8) is 0 Å². The molecule has 1 saturated carbocycles. The summed E-state index contributed by atoms with van der Waals surface area (Å²) in [5.74, 6) is 0.722. The van der Waals surface area contributed by atoms with Gasteiger partial charge in [-0.2, -0.15) is 0 Å². The Balaban J connectivity index is 0.000000689. The number of rotatable bonds is 3. The first kappa shape index (κ1) is 24.7. The number of hydrogen-bond acceptors (Lipinski definition) is 0. The molecular formula is C35H38. The molecule has 0 aliphatic heterocycles. The highest BCUT2D eigenvalue weighted by molar-refractivity contribution is 6.13. The van der Waals surface area contributed by atoms with Gasteiger partial charge in [0.25, 0.3) is 0 Å². The van der Waals surface area contributed by atoms with Crippen molar-refractivity contribution >= 4 is 21.5 Å². The van der Waals surface area contributed by atoms with Crippen LogP contribution in [0, 0.1) is 6.92 Å². The van der Waals surface area contributed by atoms with E-state index < -0.39 is 0 Å². The summed E-state index contributed by atoms with van der Waals surface area (Å²) in [5.41, 5.74) is 8.27. The summed E-state index contributed by atoms with van der Waals surface area (Å²) in [6.07, 6.45) is 4.01. The van der Waals surface area contributed by atoms with Crippen LogP contribution in [0.25, 0.3) is 43.8 Å². The van der Waals surface area contributed by atoms with E-state index >= 15 is 0 Å². The minimum atomic E-state index is 0.722. The lowest BCUT2D eigenvalue weighted by atomic mass is 9.76. The maximum atomic E-state index is 2.35. The fourth-order valence-corrected chi connectivity index (χ4v) is 5.22. The summed E-state index contributed by atoms with van der Waals surface area (Å²) in [6, 6.07) is 35.9. The molecule has 0 heteroatoms. The molecule has 0 aromatic heterocycles. The van der Waals surface area contributed by atoms with Crippen LogP contribution < -0.4 is 0 Å². The van der Waals surface area contributed by atoms with Gasteiger partial charge in [-0.15, -0.1) is 0 Å². The molecule has 5 aromatic carbocycles. The smallest absolute Gasteiger partial charge is 0.00730 e. The lowest BCUT2D eigenvalue weighted by Crippen LogP contribution is -2.10. The van der Waals surface area contributed by atoms with Crippen LogP contribution in [0.3, 0.4) is 0 Å². The van der Waals surface area contributed by atoms with Gasteiger partial charge in [-0.05, 0) is 86.7 Å². The maximum Gasteiger partial charge on any atom is -0.00730 e. The number of aryl methyl sites for hydroxylation is 1. The predicted molar refractivity (Wildman–Crippen MR) is 156 cm³/mol. The molecule has 178 valence electrons. The Hall–Kier alpha value is -3.38. The summed E-state index contributed by atoms with van der Waals surface area (Å²) in [6.45, 7) is 10.3. The van der Waals surface area contributed by atoms with Crippen molar-refractivity contribution in [3.8, 4) is 22.3 Å². The first-order valence-electron chi connectivity index (χ1n) is 13.4. The summed E-state index contributed by atoms with van der Waals surface area (Å²) >= 11 is 0. The fraction of sp³-hybridized carbons (Fsp3) is 0.257. The predicted octanol–water partition coefficient (Wildman–Crippen LogP) is 11.0. The molecule has 0 saturated heterocycles. The standard InChI is InChI=1S/C31H26.2C2H6/c1-21-14-17-28-27-18-15-24(22-8-3-2-4-9-22)20-25(27)16-19-30(28)31(21)29-13-6-5-12-26(29)23-10-7-11-23;2*1-2/h2-6,8-9,12-20,23H,7,10-11H2,1H3;2*1-2H3. The van der Waals surface area contributed by atoms with E-state index in [2.05, 4.69) is 104 Å². The van der Waals surface area contributed by atoms with Crippen molar-refractivity contribution in [2.75, 3.05) is 0 Å². The van der Waals surface area contributed by atoms with Gasteiger partial charge in [0, 0.05) is 0 Å². The number of benzene rings is 5. The Morgan fingerprint density at radius 3 is 1.94 bits per heavy atom. The van der Waals surface area contributed by atoms with Crippen LogP contribution in [0.4, 0.5) is 0 Å². The quantitative estimate of drug-likeness (QED) is 0.236. The van der Waals surface area contributed by atoms with Crippen LogP contribution in [0.15, 0.2) is 97.1 Å². The molecule has 1 fully saturated rings. The van der Waals surface area contributed by atoms with Crippen molar-refractivity contribution in [2.45, 2.75) is 59.8 Å². The first-order valence-corrected chi connectivity index (χ1v) is 13.4. The number of hydrogen-bond donors (Lipinski definition) is 0. The third-order valence-corrected chi connectivity index (χ3v) is 7.11. The molecule has 1 aliphatic rings. The van der Waals surface area contributed by atoms with Crippen molar-refractivity contribution in [1.29, 1.82) is 0 Å². The molecule has 0 amide bonds. The first-order chi connectivity index (χ1) is 17.3. The Bertz CT molecular complexity index is 1400. The largest absolute Gasteiger partial charge is 0.0683 e. The Labute approximate surface area is 211 Å².